The maximum Gasteiger partial charge on any atom is 0.000531 e. The molecule has 1 atom stereocenters. The first-order chi connectivity index (χ1) is 8.49. The number of likely N-dealkylation sites (tertiary alicyclic amines) is 1. The van der Waals surface area contributed by atoms with Gasteiger partial charge in [-0.25, -0.2) is 0 Å². The molecule has 3 heteroatoms. The maximum atomic E-state index is 5.75. The van der Waals surface area contributed by atoms with Crippen LogP contribution in [0.5, 0.6) is 0 Å². The van der Waals surface area contributed by atoms with Crippen molar-refractivity contribution in [3.63, 3.8) is 0 Å². The quantitative estimate of drug-likeness (QED) is 0.730. The normalized spacial score (nSPS) is 21.2. The summed E-state index contributed by atoms with van der Waals surface area (Å²) >= 11 is 0. The predicted octanol–water partition coefficient (Wildman–Crippen LogP) is 1.93. The van der Waals surface area contributed by atoms with E-state index in [1.54, 1.807) is 0 Å². The minimum absolute atomic E-state index is 0.411. The van der Waals surface area contributed by atoms with Gasteiger partial charge in [0.1, 0.15) is 0 Å². The zero-order valence-electron chi connectivity index (χ0n) is 12.8. The van der Waals surface area contributed by atoms with E-state index in [1.165, 1.54) is 32.4 Å². The first-order valence-corrected chi connectivity index (χ1v) is 7.59. The molecule has 0 amide bonds. The Morgan fingerprint density at radius 3 is 2.44 bits per heavy atom. The molecule has 1 saturated heterocycles. The SMILES string of the molecule is CCC(CN)CNCC(C)(C)C1CCN(C)CC1. The smallest absolute Gasteiger partial charge is 0.000531 e. The third-order valence-electron chi connectivity index (χ3n) is 4.75. The van der Waals surface area contributed by atoms with Crippen LogP contribution in [0.15, 0.2) is 0 Å². The summed E-state index contributed by atoms with van der Waals surface area (Å²) in [6.07, 6.45) is 3.87. The van der Waals surface area contributed by atoms with Crippen LogP contribution < -0.4 is 11.1 Å². The van der Waals surface area contributed by atoms with E-state index in [-0.39, 0.29) is 0 Å². The fourth-order valence-corrected chi connectivity index (χ4v) is 2.93. The van der Waals surface area contributed by atoms with E-state index in [2.05, 4.69) is 38.0 Å². The Hall–Kier alpha value is -0.120. The van der Waals surface area contributed by atoms with Gasteiger partial charge in [0.15, 0.2) is 0 Å². The Balaban J connectivity index is 2.30. The molecule has 1 aliphatic rings. The van der Waals surface area contributed by atoms with Gasteiger partial charge in [0.25, 0.3) is 0 Å². The molecule has 0 bridgehead atoms. The average Bonchev–Trinajstić information content (AvgIpc) is 2.35. The Morgan fingerprint density at radius 1 is 1.33 bits per heavy atom. The molecule has 0 aliphatic carbocycles. The molecule has 0 spiro atoms. The van der Waals surface area contributed by atoms with Crippen LogP contribution in [0, 0.1) is 17.3 Å². The standard InChI is InChI=1S/C15H33N3/c1-5-13(10-16)11-17-12-15(2,3)14-6-8-18(4)9-7-14/h13-14,17H,5-12,16H2,1-4H3. The van der Waals surface area contributed by atoms with Gasteiger partial charge in [-0.05, 0) is 63.3 Å². The third-order valence-corrected chi connectivity index (χ3v) is 4.75. The molecule has 108 valence electrons. The molecular weight excluding hydrogens is 222 g/mol. The van der Waals surface area contributed by atoms with Crippen LogP contribution in [-0.2, 0) is 0 Å². The lowest BCUT2D eigenvalue weighted by atomic mass is 9.73. The number of piperidine rings is 1. The largest absolute Gasteiger partial charge is 0.330 e. The maximum absolute atomic E-state index is 5.75. The zero-order chi connectivity index (χ0) is 13.6. The summed E-state index contributed by atoms with van der Waals surface area (Å²) in [6, 6.07) is 0. The highest BCUT2D eigenvalue weighted by molar-refractivity contribution is 4.84. The summed E-state index contributed by atoms with van der Waals surface area (Å²) in [6.45, 7) is 12.6. The molecule has 1 rings (SSSR count). The van der Waals surface area contributed by atoms with E-state index in [4.69, 9.17) is 5.73 Å². The zero-order valence-corrected chi connectivity index (χ0v) is 12.8. The van der Waals surface area contributed by atoms with E-state index in [0.29, 0.717) is 11.3 Å². The van der Waals surface area contributed by atoms with Gasteiger partial charge in [-0.15, -0.1) is 0 Å². The monoisotopic (exact) mass is 255 g/mol. The third kappa shape index (κ3) is 4.87. The second-order valence-corrected chi connectivity index (χ2v) is 6.71. The Labute approximate surface area is 113 Å². The van der Waals surface area contributed by atoms with Gasteiger partial charge in [0.2, 0.25) is 0 Å². The molecule has 3 nitrogen and oxygen atoms in total. The van der Waals surface area contributed by atoms with Gasteiger partial charge >= 0.3 is 0 Å². The van der Waals surface area contributed by atoms with E-state index < -0.39 is 0 Å². The summed E-state index contributed by atoms with van der Waals surface area (Å²) in [7, 11) is 2.23. The number of rotatable bonds is 7. The lowest BCUT2D eigenvalue weighted by Crippen LogP contribution is -2.43. The van der Waals surface area contributed by atoms with Crippen molar-refractivity contribution in [2.45, 2.75) is 40.0 Å². The van der Waals surface area contributed by atoms with Crippen LogP contribution >= 0.6 is 0 Å². The van der Waals surface area contributed by atoms with Crippen molar-refractivity contribution in [2.75, 3.05) is 39.8 Å². The summed E-state index contributed by atoms with van der Waals surface area (Å²) in [5.41, 5.74) is 6.16. The van der Waals surface area contributed by atoms with Crippen molar-refractivity contribution in [1.29, 1.82) is 0 Å². The van der Waals surface area contributed by atoms with E-state index in [0.717, 1.165) is 25.6 Å². The minimum Gasteiger partial charge on any atom is -0.330 e. The van der Waals surface area contributed by atoms with Crippen LogP contribution in [0.2, 0.25) is 0 Å². The van der Waals surface area contributed by atoms with Gasteiger partial charge in [-0.1, -0.05) is 27.2 Å². The van der Waals surface area contributed by atoms with Crippen molar-refractivity contribution < 1.29 is 0 Å². The molecule has 0 aromatic carbocycles. The second-order valence-electron chi connectivity index (χ2n) is 6.71. The summed E-state index contributed by atoms with van der Waals surface area (Å²) in [5.74, 6) is 1.50. The van der Waals surface area contributed by atoms with Gasteiger partial charge in [-0.2, -0.15) is 0 Å². The number of nitrogens with zero attached hydrogens (tertiary/aromatic N) is 1. The Kier molecular flexibility index (Phi) is 6.61. The molecule has 18 heavy (non-hydrogen) atoms. The molecular formula is C15H33N3. The second kappa shape index (κ2) is 7.46. The first kappa shape index (κ1) is 15.9. The molecule has 0 aromatic rings. The van der Waals surface area contributed by atoms with Crippen LogP contribution in [0.3, 0.4) is 0 Å². The van der Waals surface area contributed by atoms with Gasteiger partial charge in [0.05, 0.1) is 0 Å². The van der Waals surface area contributed by atoms with Crippen molar-refractivity contribution in [3.05, 3.63) is 0 Å². The summed E-state index contributed by atoms with van der Waals surface area (Å²) in [5, 5.41) is 3.64. The fourth-order valence-electron chi connectivity index (χ4n) is 2.93. The lowest BCUT2D eigenvalue weighted by Gasteiger charge is -2.40. The molecule has 0 radical (unpaired) electrons. The van der Waals surface area contributed by atoms with Crippen LogP contribution in [0.1, 0.15) is 40.0 Å². The molecule has 1 aliphatic heterocycles. The Bertz CT molecular complexity index is 216. The van der Waals surface area contributed by atoms with Crippen molar-refractivity contribution in [1.82, 2.24) is 10.2 Å². The highest BCUT2D eigenvalue weighted by Gasteiger charge is 2.31. The molecule has 3 N–H and O–H groups in total. The van der Waals surface area contributed by atoms with E-state index in [9.17, 15) is 0 Å². The van der Waals surface area contributed by atoms with Crippen LogP contribution in [0.25, 0.3) is 0 Å². The van der Waals surface area contributed by atoms with Crippen LogP contribution in [0.4, 0.5) is 0 Å². The van der Waals surface area contributed by atoms with Crippen molar-refractivity contribution >= 4 is 0 Å². The summed E-state index contributed by atoms with van der Waals surface area (Å²) in [4.78, 5) is 2.45. The highest BCUT2D eigenvalue weighted by atomic mass is 15.1. The topological polar surface area (TPSA) is 41.3 Å². The minimum atomic E-state index is 0.411. The highest BCUT2D eigenvalue weighted by Crippen LogP contribution is 2.34. The molecule has 1 unspecified atom stereocenters. The number of hydrogen-bond acceptors (Lipinski definition) is 3. The predicted molar refractivity (Wildman–Crippen MR) is 79.7 cm³/mol. The van der Waals surface area contributed by atoms with Crippen molar-refractivity contribution in [3.8, 4) is 0 Å². The number of hydrogen-bond donors (Lipinski definition) is 2. The lowest BCUT2D eigenvalue weighted by molar-refractivity contribution is 0.112. The number of nitrogens with one attached hydrogen (secondary N) is 1. The first-order valence-electron chi connectivity index (χ1n) is 7.59. The van der Waals surface area contributed by atoms with E-state index in [1.807, 2.05) is 0 Å². The molecule has 0 aromatic heterocycles. The van der Waals surface area contributed by atoms with Gasteiger partial charge in [-0.3, -0.25) is 0 Å². The van der Waals surface area contributed by atoms with Crippen molar-refractivity contribution in [2.24, 2.45) is 23.0 Å². The fraction of sp³-hybridized carbons (Fsp3) is 1.00. The molecule has 1 fully saturated rings. The van der Waals surface area contributed by atoms with Crippen LogP contribution in [-0.4, -0.2) is 44.7 Å². The average molecular weight is 255 g/mol. The van der Waals surface area contributed by atoms with Gasteiger partial charge in [0, 0.05) is 6.54 Å². The summed E-state index contributed by atoms with van der Waals surface area (Å²) < 4.78 is 0. The van der Waals surface area contributed by atoms with E-state index >= 15 is 0 Å². The molecule has 0 saturated carbocycles. The van der Waals surface area contributed by atoms with Gasteiger partial charge < -0.3 is 16.0 Å². The number of nitrogens with two attached hydrogens (primary N) is 1. The Morgan fingerprint density at radius 2 is 1.94 bits per heavy atom. The molecule has 1 heterocycles.